The number of likely N-dealkylation sites (tertiary alicyclic amines) is 1. The van der Waals surface area contributed by atoms with Gasteiger partial charge in [-0.3, -0.25) is 14.5 Å². The molecule has 3 aromatic heterocycles. The van der Waals surface area contributed by atoms with Crippen molar-refractivity contribution in [2.24, 2.45) is 0 Å². The van der Waals surface area contributed by atoms with E-state index < -0.39 is 18.3 Å². The van der Waals surface area contributed by atoms with E-state index in [9.17, 15) is 23.1 Å². The minimum atomic E-state index is -4.50. The minimum absolute atomic E-state index is 0.0379. The highest BCUT2D eigenvalue weighted by atomic mass is 19.4. The summed E-state index contributed by atoms with van der Waals surface area (Å²) in [5.74, 6) is -0.387. The third kappa shape index (κ3) is 4.06. The van der Waals surface area contributed by atoms with Crippen LogP contribution in [0, 0.1) is 0 Å². The molecule has 0 aliphatic carbocycles. The average molecular weight is 458 g/mol. The van der Waals surface area contributed by atoms with Crippen molar-refractivity contribution in [2.45, 2.75) is 38.1 Å². The Hall–Kier alpha value is -3.40. The smallest absolute Gasteiger partial charge is 0.408 e. The Bertz CT molecular complexity index is 1350. The summed E-state index contributed by atoms with van der Waals surface area (Å²) in [7, 11) is 0. The number of hydrogen-bond donors (Lipinski definition) is 1. The highest BCUT2D eigenvalue weighted by Crippen LogP contribution is 2.35. The number of hydrogen-bond acceptors (Lipinski definition) is 5. The van der Waals surface area contributed by atoms with Crippen molar-refractivity contribution in [1.82, 2.24) is 19.7 Å². The van der Waals surface area contributed by atoms with E-state index >= 15 is 0 Å². The molecule has 0 bridgehead atoms. The lowest BCUT2D eigenvalue weighted by molar-refractivity contribution is -0.141. The number of benzene rings is 1. The number of aliphatic hydroxyl groups is 1. The van der Waals surface area contributed by atoms with Gasteiger partial charge in [0.05, 0.1) is 11.1 Å². The van der Waals surface area contributed by atoms with Crippen LogP contribution in [-0.2, 0) is 6.54 Å². The van der Waals surface area contributed by atoms with Gasteiger partial charge in [0.15, 0.2) is 0 Å². The quantitative estimate of drug-likeness (QED) is 0.492. The van der Waals surface area contributed by atoms with Crippen LogP contribution in [0.1, 0.15) is 30.3 Å². The first-order chi connectivity index (χ1) is 15.6. The summed E-state index contributed by atoms with van der Waals surface area (Å²) in [4.78, 5) is 18.8. The molecule has 10 heteroatoms. The normalized spacial score (nSPS) is 16.6. The summed E-state index contributed by atoms with van der Waals surface area (Å²) < 4.78 is 46.3. The van der Waals surface area contributed by atoms with E-state index in [4.69, 9.17) is 4.42 Å². The molecular formula is C23H21F3N4O3. The summed E-state index contributed by atoms with van der Waals surface area (Å²) in [6, 6.07) is 8.53. The standard InChI is InChI=1S/C23H21F3N4O3/c1-22(32)6-8-29(9-7-22)21(31)17-10-18-15(11-27-17)20(28-30(18)13-23(24,25)26)16-12-33-19-5-3-2-4-14(16)19/h2-5,10-12,32H,6-9,13H2,1H3. The zero-order valence-electron chi connectivity index (χ0n) is 17.8. The van der Waals surface area contributed by atoms with Crippen LogP contribution >= 0.6 is 0 Å². The Morgan fingerprint density at radius 1 is 1.21 bits per heavy atom. The van der Waals surface area contributed by atoms with E-state index in [1.807, 2.05) is 0 Å². The zero-order valence-corrected chi connectivity index (χ0v) is 17.8. The van der Waals surface area contributed by atoms with Crippen LogP contribution in [0.3, 0.4) is 0 Å². The lowest BCUT2D eigenvalue weighted by atomic mass is 9.94. The highest BCUT2D eigenvalue weighted by molar-refractivity contribution is 6.03. The third-order valence-corrected chi connectivity index (χ3v) is 6.05. The molecule has 1 aliphatic heterocycles. The number of furan rings is 1. The van der Waals surface area contributed by atoms with Crippen molar-refractivity contribution in [3.63, 3.8) is 0 Å². The first-order valence-corrected chi connectivity index (χ1v) is 10.5. The third-order valence-electron chi connectivity index (χ3n) is 6.05. The number of para-hydroxylation sites is 1. The molecule has 1 saturated heterocycles. The number of pyridine rings is 1. The van der Waals surface area contributed by atoms with E-state index in [-0.39, 0.29) is 17.1 Å². The van der Waals surface area contributed by atoms with Gasteiger partial charge >= 0.3 is 6.18 Å². The van der Waals surface area contributed by atoms with Crippen molar-refractivity contribution in [3.05, 3.63) is 48.5 Å². The molecule has 1 aliphatic rings. The Balaban J connectivity index is 1.59. The molecule has 1 N–H and O–H groups in total. The maximum absolute atomic E-state index is 13.3. The number of alkyl halides is 3. The van der Waals surface area contributed by atoms with E-state index in [0.29, 0.717) is 48.2 Å². The lowest BCUT2D eigenvalue weighted by Gasteiger charge is -2.35. The minimum Gasteiger partial charge on any atom is -0.464 e. The van der Waals surface area contributed by atoms with Crippen LogP contribution in [0.2, 0.25) is 0 Å². The molecule has 0 saturated carbocycles. The molecule has 1 aromatic carbocycles. The van der Waals surface area contributed by atoms with Gasteiger partial charge in [-0.15, -0.1) is 0 Å². The van der Waals surface area contributed by atoms with E-state index in [1.165, 1.54) is 18.5 Å². The second kappa shape index (κ2) is 7.58. The summed E-state index contributed by atoms with van der Waals surface area (Å²) in [6.07, 6.45) is -0.807. The molecule has 4 heterocycles. The SMILES string of the molecule is CC1(O)CCN(C(=O)c2cc3c(cn2)c(-c2coc4ccccc24)nn3CC(F)(F)F)CC1. The van der Waals surface area contributed by atoms with E-state index in [2.05, 4.69) is 10.1 Å². The fourth-order valence-corrected chi connectivity index (χ4v) is 4.19. The molecule has 4 aromatic rings. The summed E-state index contributed by atoms with van der Waals surface area (Å²) in [6.45, 7) is 1.11. The monoisotopic (exact) mass is 458 g/mol. The lowest BCUT2D eigenvalue weighted by Crippen LogP contribution is -2.45. The first-order valence-electron chi connectivity index (χ1n) is 10.5. The van der Waals surface area contributed by atoms with Gasteiger partial charge < -0.3 is 14.4 Å². The molecule has 7 nitrogen and oxygen atoms in total. The number of rotatable bonds is 3. The maximum atomic E-state index is 13.3. The van der Waals surface area contributed by atoms with Gasteiger partial charge in [-0.05, 0) is 31.9 Å². The molecule has 1 amide bonds. The number of carbonyl (C=O) groups is 1. The van der Waals surface area contributed by atoms with Crippen molar-refractivity contribution in [1.29, 1.82) is 0 Å². The van der Waals surface area contributed by atoms with Crippen LogP contribution < -0.4 is 0 Å². The molecule has 5 rings (SSSR count). The fourth-order valence-electron chi connectivity index (χ4n) is 4.19. The van der Waals surface area contributed by atoms with E-state index in [0.717, 1.165) is 10.1 Å². The number of piperidine rings is 1. The average Bonchev–Trinajstić information content (AvgIpc) is 3.33. The van der Waals surface area contributed by atoms with Gasteiger partial charge in [-0.25, -0.2) is 0 Å². The van der Waals surface area contributed by atoms with Crippen molar-refractivity contribution in [3.8, 4) is 11.3 Å². The molecule has 0 radical (unpaired) electrons. The van der Waals surface area contributed by atoms with Crippen molar-refractivity contribution in [2.75, 3.05) is 13.1 Å². The van der Waals surface area contributed by atoms with Gasteiger partial charge in [-0.2, -0.15) is 18.3 Å². The van der Waals surface area contributed by atoms with E-state index in [1.54, 1.807) is 36.1 Å². The van der Waals surface area contributed by atoms with Crippen molar-refractivity contribution >= 4 is 27.8 Å². The summed E-state index contributed by atoms with van der Waals surface area (Å²) in [5, 5.41) is 15.5. The van der Waals surface area contributed by atoms with Crippen molar-refractivity contribution < 1.29 is 27.5 Å². The second-order valence-corrected chi connectivity index (χ2v) is 8.64. The fraction of sp³-hybridized carbons (Fsp3) is 0.348. The molecule has 0 spiro atoms. The Labute approximate surface area is 186 Å². The molecular weight excluding hydrogens is 437 g/mol. The molecule has 172 valence electrons. The number of fused-ring (bicyclic) bond motifs is 2. The Morgan fingerprint density at radius 3 is 2.67 bits per heavy atom. The molecule has 33 heavy (non-hydrogen) atoms. The Morgan fingerprint density at radius 2 is 1.94 bits per heavy atom. The van der Waals surface area contributed by atoms with Crippen LogP contribution in [0.25, 0.3) is 33.1 Å². The maximum Gasteiger partial charge on any atom is 0.408 e. The van der Waals surface area contributed by atoms with Gasteiger partial charge in [0.25, 0.3) is 5.91 Å². The number of amides is 1. The van der Waals surface area contributed by atoms with Crippen LogP contribution in [0.15, 0.2) is 47.2 Å². The van der Waals surface area contributed by atoms with Gasteiger partial charge in [-0.1, -0.05) is 18.2 Å². The largest absolute Gasteiger partial charge is 0.464 e. The predicted octanol–water partition coefficient (Wildman–Crippen LogP) is 4.39. The van der Waals surface area contributed by atoms with Gasteiger partial charge in [0, 0.05) is 35.6 Å². The van der Waals surface area contributed by atoms with Gasteiger partial charge in [0.2, 0.25) is 0 Å². The summed E-state index contributed by atoms with van der Waals surface area (Å²) in [5.41, 5.74) is 0.815. The van der Waals surface area contributed by atoms with Gasteiger partial charge in [0.1, 0.15) is 29.8 Å². The topological polar surface area (TPSA) is 84.4 Å². The first kappa shape index (κ1) is 21.4. The van der Waals surface area contributed by atoms with Crippen LogP contribution in [0.5, 0.6) is 0 Å². The van der Waals surface area contributed by atoms with Crippen LogP contribution in [-0.4, -0.2) is 55.5 Å². The number of aromatic nitrogens is 3. The number of nitrogens with zero attached hydrogens (tertiary/aromatic N) is 4. The summed E-state index contributed by atoms with van der Waals surface area (Å²) >= 11 is 0. The number of halogens is 3. The zero-order chi connectivity index (χ0) is 23.4. The van der Waals surface area contributed by atoms with Crippen LogP contribution in [0.4, 0.5) is 13.2 Å². The molecule has 1 fully saturated rings. The predicted molar refractivity (Wildman–Crippen MR) is 115 cm³/mol. The Kier molecular flexibility index (Phi) is 4.93. The highest BCUT2D eigenvalue weighted by Gasteiger charge is 2.33. The molecule has 0 atom stereocenters. The second-order valence-electron chi connectivity index (χ2n) is 8.64. The molecule has 0 unspecified atom stereocenters. The number of carbonyl (C=O) groups excluding carboxylic acids is 1.